The second kappa shape index (κ2) is 4.85. The minimum Gasteiger partial charge on any atom is -0.504 e. The number of carboxylic acid groups (broad SMARTS) is 1. The van der Waals surface area contributed by atoms with Crippen LogP contribution in [-0.4, -0.2) is 29.6 Å². The molecule has 1 amide bonds. The van der Waals surface area contributed by atoms with Crippen molar-refractivity contribution in [1.82, 2.24) is 5.43 Å². The van der Waals surface area contributed by atoms with Crippen LogP contribution in [0.4, 0.5) is 4.79 Å². The lowest BCUT2D eigenvalue weighted by Crippen LogP contribution is -2.13. The first-order valence-electron chi connectivity index (χ1n) is 4.03. The summed E-state index contributed by atoms with van der Waals surface area (Å²) in [4.78, 5) is 10.1. The molecule has 3 N–H and O–H groups in total. The van der Waals surface area contributed by atoms with Crippen molar-refractivity contribution in [2.45, 2.75) is 0 Å². The second-order valence-corrected chi connectivity index (χ2v) is 2.57. The van der Waals surface area contributed by atoms with Gasteiger partial charge in [-0.2, -0.15) is 5.10 Å². The summed E-state index contributed by atoms with van der Waals surface area (Å²) in [5.74, 6) is 0.213. The molecule has 6 nitrogen and oxygen atoms in total. The largest absolute Gasteiger partial charge is 0.504 e. The number of rotatable bonds is 3. The lowest BCUT2D eigenvalue weighted by molar-refractivity contribution is 0.195. The summed E-state index contributed by atoms with van der Waals surface area (Å²) in [6.07, 6.45) is -0.0833. The monoisotopic (exact) mass is 210 g/mol. The average molecular weight is 210 g/mol. The van der Waals surface area contributed by atoms with Crippen LogP contribution in [0.2, 0.25) is 0 Å². The van der Waals surface area contributed by atoms with Crippen LogP contribution in [0.15, 0.2) is 23.3 Å². The van der Waals surface area contributed by atoms with Crippen molar-refractivity contribution in [3.63, 3.8) is 0 Å². The highest BCUT2D eigenvalue weighted by Crippen LogP contribution is 2.27. The Bertz CT molecular complexity index is 390. The zero-order chi connectivity index (χ0) is 11.3. The van der Waals surface area contributed by atoms with E-state index < -0.39 is 6.09 Å². The number of nitrogens with one attached hydrogen (secondary N) is 1. The number of hydrogen-bond acceptors (Lipinski definition) is 4. The average Bonchev–Trinajstić information content (AvgIpc) is 2.20. The van der Waals surface area contributed by atoms with Crippen LogP contribution in [0.25, 0.3) is 0 Å². The maximum atomic E-state index is 10.1. The summed E-state index contributed by atoms with van der Waals surface area (Å²) in [6, 6.07) is 4.81. The minimum atomic E-state index is -1.27. The van der Waals surface area contributed by atoms with E-state index in [-0.39, 0.29) is 5.75 Å². The van der Waals surface area contributed by atoms with E-state index >= 15 is 0 Å². The smallest absolute Gasteiger partial charge is 0.425 e. The number of benzene rings is 1. The molecule has 0 unspecified atom stereocenters. The van der Waals surface area contributed by atoms with Crippen molar-refractivity contribution in [1.29, 1.82) is 0 Å². The molecule has 0 bridgehead atoms. The maximum Gasteiger partial charge on any atom is 0.425 e. The summed E-state index contributed by atoms with van der Waals surface area (Å²) in [6.45, 7) is 0. The van der Waals surface area contributed by atoms with E-state index in [1.54, 1.807) is 23.6 Å². The molecule has 0 aliphatic rings. The number of ether oxygens (including phenoxy) is 1. The summed E-state index contributed by atoms with van der Waals surface area (Å²) in [7, 11) is 1.42. The number of hydrazone groups is 1. The zero-order valence-electron chi connectivity index (χ0n) is 7.97. The lowest BCUT2D eigenvalue weighted by atomic mass is 10.2. The van der Waals surface area contributed by atoms with Crippen LogP contribution in [0.3, 0.4) is 0 Å². The Kier molecular flexibility index (Phi) is 3.50. The molecule has 0 fully saturated rings. The molecule has 0 spiro atoms. The van der Waals surface area contributed by atoms with Gasteiger partial charge >= 0.3 is 6.09 Å². The number of nitrogens with zero attached hydrogens (tertiary/aromatic N) is 1. The van der Waals surface area contributed by atoms with E-state index in [4.69, 9.17) is 9.84 Å². The summed E-state index contributed by atoms with van der Waals surface area (Å²) in [5.41, 5.74) is 2.16. The summed E-state index contributed by atoms with van der Waals surface area (Å²) in [5, 5.41) is 21.2. The molecular weight excluding hydrogens is 200 g/mol. The summed E-state index contributed by atoms with van der Waals surface area (Å²) < 4.78 is 4.86. The van der Waals surface area contributed by atoms with Gasteiger partial charge in [-0.25, -0.2) is 10.2 Å². The van der Waals surface area contributed by atoms with Crippen LogP contribution in [0, 0.1) is 0 Å². The topological polar surface area (TPSA) is 91.2 Å². The molecule has 80 valence electrons. The van der Waals surface area contributed by atoms with Gasteiger partial charge < -0.3 is 14.9 Å². The molecule has 1 aromatic carbocycles. The van der Waals surface area contributed by atoms with Crippen molar-refractivity contribution in [2.24, 2.45) is 5.10 Å². The number of phenolic OH excluding ortho intramolecular Hbond substituents is 1. The number of hydrogen-bond donors (Lipinski definition) is 3. The third kappa shape index (κ3) is 2.87. The Morgan fingerprint density at radius 2 is 2.33 bits per heavy atom. The maximum absolute atomic E-state index is 10.1. The first-order valence-corrected chi connectivity index (χ1v) is 4.03. The predicted molar refractivity (Wildman–Crippen MR) is 53.4 cm³/mol. The van der Waals surface area contributed by atoms with Gasteiger partial charge in [-0.15, -0.1) is 0 Å². The Balaban J connectivity index is 2.85. The van der Waals surface area contributed by atoms with Crippen LogP contribution in [0.1, 0.15) is 5.56 Å². The molecule has 0 heterocycles. The first-order chi connectivity index (χ1) is 7.15. The molecule has 0 saturated carbocycles. The van der Waals surface area contributed by atoms with Crippen LogP contribution >= 0.6 is 0 Å². The highest BCUT2D eigenvalue weighted by molar-refractivity contribution is 5.85. The molecule has 6 heteroatoms. The van der Waals surface area contributed by atoms with Crippen LogP contribution < -0.4 is 10.2 Å². The normalized spacial score (nSPS) is 10.2. The van der Waals surface area contributed by atoms with Gasteiger partial charge in [-0.05, 0) is 12.1 Å². The fraction of sp³-hybridized carbons (Fsp3) is 0.111. The van der Waals surface area contributed by atoms with E-state index in [2.05, 4.69) is 5.10 Å². The van der Waals surface area contributed by atoms with E-state index in [1.165, 1.54) is 13.3 Å². The number of aromatic hydroxyl groups is 1. The molecule has 0 aromatic heterocycles. The standard InChI is InChI=1S/C9H10N2O4/c1-15-7-4-2-3-6(8(7)12)5-10-11-9(13)14/h2-5,11-12H,1H3,(H,13,14)/b10-5+. The molecule has 15 heavy (non-hydrogen) atoms. The molecular formula is C9H10N2O4. The number of para-hydroxylation sites is 1. The van der Waals surface area contributed by atoms with Gasteiger partial charge in [0, 0.05) is 5.56 Å². The SMILES string of the molecule is COc1cccc(/C=N/NC(=O)O)c1O. The van der Waals surface area contributed by atoms with E-state index in [0.29, 0.717) is 11.3 Å². The molecule has 0 aliphatic carbocycles. The third-order valence-corrected chi connectivity index (χ3v) is 1.61. The number of carbonyl (C=O) groups is 1. The zero-order valence-corrected chi connectivity index (χ0v) is 7.97. The van der Waals surface area contributed by atoms with Crippen molar-refractivity contribution < 1.29 is 19.7 Å². The van der Waals surface area contributed by atoms with Crippen molar-refractivity contribution in [2.75, 3.05) is 7.11 Å². The van der Waals surface area contributed by atoms with Crippen LogP contribution in [0.5, 0.6) is 11.5 Å². The quantitative estimate of drug-likeness (QED) is 0.512. The van der Waals surface area contributed by atoms with E-state index in [9.17, 15) is 9.90 Å². The van der Waals surface area contributed by atoms with Gasteiger partial charge in [0.1, 0.15) is 0 Å². The molecule has 1 aromatic rings. The van der Waals surface area contributed by atoms with Crippen LogP contribution in [-0.2, 0) is 0 Å². The van der Waals surface area contributed by atoms with Crippen molar-refractivity contribution in [3.05, 3.63) is 23.8 Å². The van der Waals surface area contributed by atoms with E-state index in [0.717, 1.165) is 0 Å². The number of amides is 1. The number of methoxy groups -OCH3 is 1. The van der Waals surface area contributed by atoms with Gasteiger partial charge in [0.05, 0.1) is 13.3 Å². The van der Waals surface area contributed by atoms with Gasteiger partial charge in [0.2, 0.25) is 0 Å². The molecule has 0 atom stereocenters. The van der Waals surface area contributed by atoms with Gasteiger partial charge in [-0.3, -0.25) is 0 Å². The lowest BCUT2D eigenvalue weighted by Gasteiger charge is -2.04. The highest BCUT2D eigenvalue weighted by Gasteiger charge is 2.04. The minimum absolute atomic E-state index is 0.0871. The fourth-order valence-corrected chi connectivity index (χ4v) is 0.965. The second-order valence-electron chi connectivity index (χ2n) is 2.57. The Hall–Kier alpha value is -2.24. The third-order valence-electron chi connectivity index (χ3n) is 1.61. The Labute approximate surface area is 85.8 Å². The Morgan fingerprint density at radius 1 is 1.60 bits per heavy atom. The van der Waals surface area contributed by atoms with Gasteiger partial charge in [0.15, 0.2) is 11.5 Å². The van der Waals surface area contributed by atoms with Gasteiger partial charge in [0.25, 0.3) is 0 Å². The van der Waals surface area contributed by atoms with Crippen molar-refractivity contribution in [3.8, 4) is 11.5 Å². The van der Waals surface area contributed by atoms with Gasteiger partial charge in [-0.1, -0.05) is 6.07 Å². The molecule has 0 aliphatic heterocycles. The molecule has 0 radical (unpaired) electrons. The summed E-state index contributed by atoms with van der Waals surface area (Å²) >= 11 is 0. The predicted octanol–water partition coefficient (Wildman–Crippen LogP) is 1.00. The van der Waals surface area contributed by atoms with Crippen molar-refractivity contribution >= 4 is 12.3 Å². The molecule has 0 saturated heterocycles. The fourth-order valence-electron chi connectivity index (χ4n) is 0.965. The first kappa shape index (κ1) is 10.8. The van der Waals surface area contributed by atoms with E-state index in [1.807, 2.05) is 0 Å². The molecule has 1 rings (SSSR count). The highest BCUT2D eigenvalue weighted by atomic mass is 16.5. The number of phenols is 1. The Morgan fingerprint density at radius 3 is 2.93 bits per heavy atom.